The van der Waals surface area contributed by atoms with E-state index in [1.54, 1.807) is 0 Å². The van der Waals surface area contributed by atoms with Gasteiger partial charge in [-0.3, -0.25) is 4.79 Å². The molecule has 0 fully saturated rings. The summed E-state index contributed by atoms with van der Waals surface area (Å²) in [5.74, 6) is -1.49. The second kappa shape index (κ2) is 10.3. The molecule has 0 heterocycles. The van der Waals surface area contributed by atoms with Gasteiger partial charge >= 0.3 is 0 Å². The number of nitrogens with one attached hydrogen (secondary N) is 1. The quantitative estimate of drug-likeness (QED) is 0.722. The summed E-state index contributed by atoms with van der Waals surface area (Å²) in [5, 5.41) is 2.73. The number of benzene rings is 1. The summed E-state index contributed by atoms with van der Waals surface area (Å²) in [6.07, 6.45) is 1.48. The van der Waals surface area contributed by atoms with Gasteiger partial charge in [-0.25, -0.2) is 8.78 Å². The Bertz CT molecular complexity index is 445. The highest BCUT2D eigenvalue weighted by molar-refractivity contribution is 5.85. The van der Waals surface area contributed by atoms with Crippen molar-refractivity contribution in [1.29, 1.82) is 0 Å². The molecule has 0 saturated carbocycles. The van der Waals surface area contributed by atoms with E-state index in [-0.39, 0.29) is 36.7 Å². The Morgan fingerprint density at radius 1 is 1.43 bits per heavy atom. The van der Waals surface area contributed by atoms with Gasteiger partial charge in [0.25, 0.3) is 0 Å². The van der Waals surface area contributed by atoms with Crippen molar-refractivity contribution in [3.05, 3.63) is 29.8 Å². The van der Waals surface area contributed by atoms with Gasteiger partial charge in [0.05, 0.1) is 6.61 Å². The number of halogens is 3. The summed E-state index contributed by atoms with van der Waals surface area (Å²) in [6, 6.07) is 3.17. The molecular weight excluding hydrogens is 302 g/mol. The molecule has 0 radical (unpaired) electrons. The third-order valence-corrected chi connectivity index (χ3v) is 2.62. The predicted octanol–water partition coefficient (Wildman–Crippen LogP) is 2.40. The van der Waals surface area contributed by atoms with Gasteiger partial charge in [-0.05, 0) is 31.9 Å². The number of amides is 1. The monoisotopic (exact) mass is 322 g/mol. The van der Waals surface area contributed by atoms with Gasteiger partial charge in [-0.2, -0.15) is 0 Å². The van der Waals surface area contributed by atoms with Gasteiger partial charge in [0.2, 0.25) is 5.91 Å². The maximum Gasteiger partial charge on any atom is 0.220 e. The molecule has 3 N–H and O–H groups in total. The number of hydrogen-bond donors (Lipinski definition) is 2. The van der Waals surface area contributed by atoms with Crippen molar-refractivity contribution in [3.63, 3.8) is 0 Å². The Morgan fingerprint density at radius 2 is 2.14 bits per heavy atom. The van der Waals surface area contributed by atoms with Gasteiger partial charge in [0.15, 0.2) is 11.6 Å². The normalized spacial score (nSPS) is 11.4. The van der Waals surface area contributed by atoms with E-state index in [1.165, 1.54) is 6.07 Å². The minimum Gasteiger partial charge on any atom is -0.491 e. The SMILES string of the molecule is CC(N)CCNC(=O)CCCOc1ccc(F)cc1F.Cl. The summed E-state index contributed by atoms with van der Waals surface area (Å²) in [5.41, 5.74) is 5.56. The smallest absolute Gasteiger partial charge is 0.220 e. The molecule has 1 amide bonds. The maximum absolute atomic E-state index is 13.2. The van der Waals surface area contributed by atoms with Crippen molar-refractivity contribution in [2.24, 2.45) is 5.73 Å². The molecular formula is C14H21ClF2N2O2. The Balaban J connectivity index is 0.00000400. The second-order valence-corrected chi connectivity index (χ2v) is 4.64. The van der Waals surface area contributed by atoms with Crippen molar-refractivity contribution >= 4 is 18.3 Å². The first kappa shape index (κ1) is 19.6. The lowest BCUT2D eigenvalue weighted by Gasteiger charge is -2.08. The average Bonchev–Trinajstić information content (AvgIpc) is 2.36. The first-order chi connectivity index (χ1) is 9.49. The standard InChI is InChI=1S/C14H20F2N2O2.ClH/c1-10(17)6-7-18-14(19)3-2-8-20-13-5-4-11(15)9-12(13)16;/h4-5,9-10H,2-3,6-8,17H2,1H3,(H,18,19);1H. The fourth-order valence-electron chi connectivity index (χ4n) is 1.53. The van der Waals surface area contributed by atoms with Gasteiger partial charge < -0.3 is 15.8 Å². The van der Waals surface area contributed by atoms with Crippen LogP contribution in [-0.4, -0.2) is 25.1 Å². The molecule has 0 bridgehead atoms. The molecule has 21 heavy (non-hydrogen) atoms. The van der Waals surface area contributed by atoms with Crippen LogP contribution in [0.3, 0.4) is 0 Å². The van der Waals surface area contributed by atoms with Crippen LogP contribution in [0, 0.1) is 11.6 Å². The van der Waals surface area contributed by atoms with E-state index in [0.29, 0.717) is 19.4 Å². The minimum atomic E-state index is -0.744. The van der Waals surface area contributed by atoms with E-state index in [4.69, 9.17) is 10.5 Å². The van der Waals surface area contributed by atoms with Crippen LogP contribution in [0.2, 0.25) is 0 Å². The molecule has 1 atom stereocenters. The van der Waals surface area contributed by atoms with E-state index in [9.17, 15) is 13.6 Å². The van der Waals surface area contributed by atoms with Crippen LogP contribution in [-0.2, 0) is 4.79 Å². The number of hydrogen-bond acceptors (Lipinski definition) is 3. The predicted molar refractivity (Wildman–Crippen MR) is 79.6 cm³/mol. The Kier molecular flexibility index (Phi) is 9.65. The third kappa shape index (κ3) is 8.47. The van der Waals surface area contributed by atoms with Crippen LogP contribution >= 0.6 is 12.4 Å². The molecule has 7 heteroatoms. The Labute approximate surface area is 129 Å². The van der Waals surface area contributed by atoms with Crippen LogP contribution in [0.1, 0.15) is 26.2 Å². The molecule has 1 aromatic carbocycles. The van der Waals surface area contributed by atoms with Gasteiger partial charge in [0, 0.05) is 25.1 Å². The lowest BCUT2D eigenvalue weighted by Crippen LogP contribution is -2.28. The van der Waals surface area contributed by atoms with Crippen molar-refractivity contribution in [2.75, 3.05) is 13.2 Å². The number of ether oxygens (including phenoxy) is 1. The maximum atomic E-state index is 13.2. The number of rotatable bonds is 8. The van der Waals surface area contributed by atoms with Crippen molar-refractivity contribution in [3.8, 4) is 5.75 Å². The molecule has 0 aliphatic carbocycles. The summed E-state index contributed by atoms with van der Waals surface area (Å²) in [7, 11) is 0. The molecule has 0 aliphatic rings. The molecule has 0 spiro atoms. The van der Waals surface area contributed by atoms with Gasteiger partial charge in [-0.1, -0.05) is 0 Å². The summed E-state index contributed by atoms with van der Waals surface area (Å²) >= 11 is 0. The van der Waals surface area contributed by atoms with Crippen molar-refractivity contribution in [1.82, 2.24) is 5.32 Å². The molecule has 1 unspecified atom stereocenters. The van der Waals surface area contributed by atoms with Crippen LogP contribution in [0.15, 0.2) is 18.2 Å². The molecule has 0 aromatic heterocycles. The third-order valence-electron chi connectivity index (χ3n) is 2.62. The van der Waals surface area contributed by atoms with Crippen LogP contribution < -0.4 is 15.8 Å². The minimum absolute atomic E-state index is 0. The van der Waals surface area contributed by atoms with Crippen molar-refractivity contribution < 1.29 is 18.3 Å². The van der Waals surface area contributed by atoms with Gasteiger partial charge in [0.1, 0.15) is 5.82 Å². The fraction of sp³-hybridized carbons (Fsp3) is 0.500. The number of nitrogens with two attached hydrogens (primary N) is 1. The van der Waals surface area contributed by atoms with E-state index in [2.05, 4.69) is 5.32 Å². The van der Waals surface area contributed by atoms with Crippen LogP contribution in [0.25, 0.3) is 0 Å². The largest absolute Gasteiger partial charge is 0.491 e. The zero-order valence-corrected chi connectivity index (χ0v) is 12.7. The average molecular weight is 323 g/mol. The zero-order valence-electron chi connectivity index (χ0n) is 11.9. The summed E-state index contributed by atoms with van der Waals surface area (Å²) < 4.78 is 31.0. The van der Waals surface area contributed by atoms with Crippen LogP contribution in [0.5, 0.6) is 5.75 Å². The fourth-order valence-corrected chi connectivity index (χ4v) is 1.53. The van der Waals surface area contributed by atoms with E-state index in [0.717, 1.165) is 18.6 Å². The van der Waals surface area contributed by atoms with E-state index < -0.39 is 11.6 Å². The van der Waals surface area contributed by atoms with Crippen molar-refractivity contribution in [2.45, 2.75) is 32.2 Å². The second-order valence-electron chi connectivity index (χ2n) is 4.64. The highest BCUT2D eigenvalue weighted by atomic mass is 35.5. The Hall–Kier alpha value is -1.40. The molecule has 120 valence electrons. The first-order valence-corrected chi connectivity index (χ1v) is 6.59. The molecule has 0 saturated heterocycles. The Morgan fingerprint density at radius 3 is 2.76 bits per heavy atom. The lowest BCUT2D eigenvalue weighted by atomic mass is 10.2. The molecule has 4 nitrogen and oxygen atoms in total. The zero-order chi connectivity index (χ0) is 15.0. The van der Waals surface area contributed by atoms with Crippen LogP contribution in [0.4, 0.5) is 8.78 Å². The van der Waals surface area contributed by atoms with E-state index in [1.807, 2.05) is 6.92 Å². The molecule has 0 aliphatic heterocycles. The lowest BCUT2D eigenvalue weighted by molar-refractivity contribution is -0.121. The van der Waals surface area contributed by atoms with Gasteiger partial charge in [-0.15, -0.1) is 12.4 Å². The number of carbonyl (C=O) groups is 1. The number of carbonyl (C=O) groups excluding carboxylic acids is 1. The molecule has 1 aromatic rings. The summed E-state index contributed by atoms with van der Waals surface area (Å²) in [4.78, 5) is 11.4. The summed E-state index contributed by atoms with van der Waals surface area (Å²) in [6.45, 7) is 2.62. The topological polar surface area (TPSA) is 64.3 Å². The highest BCUT2D eigenvalue weighted by Gasteiger charge is 2.06. The molecule has 1 rings (SSSR count). The van der Waals surface area contributed by atoms with E-state index >= 15 is 0 Å². The first-order valence-electron chi connectivity index (χ1n) is 6.59. The highest BCUT2D eigenvalue weighted by Crippen LogP contribution is 2.17.